The van der Waals surface area contributed by atoms with Crippen LogP contribution in [0.25, 0.3) is 21.1 Å². The molecule has 2 heterocycles. The van der Waals surface area contributed by atoms with E-state index in [0.29, 0.717) is 5.82 Å². The second kappa shape index (κ2) is 8.75. The summed E-state index contributed by atoms with van der Waals surface area (Å²) in [5, 5.41) is 2.34. The summed E-state index contributed by atoms with van der Waals surface area (Å²) in [6.45, 7) is 10.1. The number of fused-ring (bicyclic) bond motifs is 3. The molecule has 0 unspecified atom stereocenters. The van der Waals surface area contributed by atoms with Gasteiger partial charge in [-0.1, -0.05) is 25.5 Å². The number of rotatable bonds is 8. The summed E-state index contributed by atoms with van der Waals surface area (Å²) in [6.07, 6.45) is 6.90. The van der Waals surface area contributed by atoms with Crippen molar-refractivity contribution in [2.24, 2.45) is 0 Å². The molecule has 4 nitrogen and oxygen atoms in total. The molecule has 0 aliphatic rings. The number of anilines is 1. The van der Waals surface area contributed by atoms with E-state index in [1.54, 1.807) is 11.3 Å². The molecule has 0 saturated carbocycles. The topological polar surface area (TPSA) is 55.0 Å². The summed E-state index contributed by atoms with van der Waals surface area (Å²) >= 11 is 1.76. The maximum atomic E-state index is 6.21. The van der Waals surface area contributed by atoms with Gasteiger partial charge in [0.1, 0.15) is 5.52 Å². The Hall–Kier alpha value is -1.72. The maximum absolute atomic E-state index is 6.21. The Balaban J connectivity index is 1.66. The number of nitrogen functional groups attached to an aromatic ring is 1. The van der Waals surface area contributed by atoms with Gasteiger partial charge in [-0.2, -0.15) is 0 Å². The zero-order valence-electron chi connectivity index (χ0n) is 18.0. The van der Waals surface area contributed by atoms with Gasteiger partial charge in [-0.15, -0.1) is 11.3 Å². The third-order valence-electron chi connectivity index (χ3n) is 5.53. The highest BCUT2D eigenvalue weighted by molar-refractivity contribution is 7.19. The van der Waals surface area contributed by atoms with E-state index < -0.39 is 0 Å². The molecule has 0 radical (unpaired) electrons. The predicted molar refractivity (Wildman–Crippen MR) is 123 cm³/mol. The average Bonchev–Trinajstić information content (AvgIpc) is 3.05. The number of aromatic nitrogens is 2. The molecule has 0 amide bonds. The lowest BCUT2D eigenvalue weighted by molar-refractivity contribution is 0.172. The molecule has 3 rings (SSSR count). The lowest BCUT2D eigenvalue weighted by atomic mass is 10.0. The first kappa shape index (κ1) is 21.0. The van der Waals surface area contributed by atoms with Crippen LogP contribution in [-0.2, 0) is 12.8 Å². The lowest BCUT2D eigenvalue weighted by Crippen LogP contribution is -2.38. The second-order valence-corrected chi connectivity index (χ2v) is 9.87. The largest absolute Gasteiger partial charge is 0.382 e. The fraction of sp³-hybridized carbons (Fsp3) is 0.565. The highest BCUT2D eigenvalue weighted by atomic mass is 32.1. The minimum Gasteiger partial charge on any atom is -0.382 e. The van der Waals surface area contributed by atoms with E-state index in [2.05, 4.69) is 62.8 Å². The number of nitrogens with zero attached hydrogens (tertiary/aromatic N) is 3. The first-order valence-corrected chi connectivity index (χ1v) is 11.3. The molecular weight excluding hydrogens is 364 g/mol. The van der Waals surface area contributed by atoms with Crippen molar-refractivity contribution in [3.8, 4) is 0 Å². The van der Waals surface area contributed by atoms with E-state index in [1.165, 1.54) is 34.9 Å². The summed E-state index contributed by atoms with van der Waals surface area (Å²) in [5.41, 5.74) is 9.69. The molecule has 1 aromatic carbocycles. The van der Waals surface area contributed by atoms with Crippen molar-refractivity contribution >= 4 is 38.3 Å². The third-order valence-corrected chi connectivity index (χ3v) is 6.68. The van der Waals surface area contributed by atoms with Crippen LogP contribution in [0, 0.1) is 0 Å². The van der Waals surface area contributed by atoms with Crippen molar-refractivity contribution in [2.45, 2.75) is 71.8 Å². The Labute approximate surface area is 173 Å². The molecule has 0 atom stereocenters. The summed E-state index contributed by atoms with van der Waals surface area (Å²) < 4.78 is 1.18. The first-order chi connectivity index (χ1) is 13.3. The van der Waals surface area contributed by atoms with Crippen LogP contribution in [0.2, 0.25) is 0 Å². The average molecular weight is 399 g/mol. The number of hydrogen-bond donors (Lipinski definition) is 1. The standard InChI is InChI=1S/C23H34N4S/c1-6-10-19-26-20-21(28-19)17-13-12-16(15-18(17)25-22(20)24)11-8-7-9-14-27(5)23(2,3)4/h12-13,15H,6-11,14H2,1-5H3,(H2,24,25). The van der Waals surface area contributed by atoms with E-state index in [0.717, 1.165) is 41.8 Å². The molecule has 28 heavy (non-hydrogen) atoms. The van der Waals surface area contributed by atoms with Crippen molar-refractivity contribution in [1.82, 2.24) is 14.9 Å². The van der Waals surface area contributed by atoms with Gasteiger partial charge in [-0.25, -0.2) is 9.97 Å². The van der Waals surface area contributed by atoms with E-state index in [4.69, 9.17) is 10.7 Å². The molecule has 152 valence electrons. The molecule has 0 aliphatic heterocycles. The Morgan fingerprint density at radius 2 is 1.86 bits per heavy atom. The summed E-state index contributed by atoms with van der Waals surface area (Å²) in [4.78, 5) is 11.8. The van der Waals surface area contributed by atoms with Crippen LogP contribution in [0.4, 0.5) is 5.82 Å². The fourth-order valence-electron chi connectivity index (χ4n) is 3.43. The smallest absolute Gasteiger partial charge is 0.151 e. The number of thiazole rings is 1. The van der Waals surface area contributed by atoms with Crippen LogP contribution >= 0.6 is 11.3 Å². The van der Waals surface area contributed by atoms with Gasteiger partial charge in [0, 0.05) is 10.9 Å². The van der Waals surface area contributed by atoms with Gasteiger partial charge in [0.05, 0.1) is 15.2 Å². The number of pyridine rings is 1. The van der Waals surface area contributed by atoms with Gasteiger partial charge in [-0.3, -0.25) is 0 Å². The van der Waals surface area contributed by atoms with Gasteiger partial charge < -0.3 is 10.6 Å². The Bertz CT molecular complexity index is 939. The van der Waals surface area contributed by atoms with E-state index in [-0.39, 0.29) is 5.54 Å². The minimum atomic E-state index is 0.253. The summed E-state index contributed by atoms with van der Waals surface area (Å²) in [5.74, 6) is 0.559. The zero-order chi connectivity index (χ0) is 20.3. The molecule has 2 N–H and O–H groups in total. The number of hydrogen-bond acceptors (Lipinski definition) is 5. The van der Waals surface area contributed by atoms with Crippen molar-refractivity contribution in [2.75, 3.05) is 19.3 Å². The Kier molecular flexibility index (Phi) is 6.56. The quantitative estimate of drug-likeness (QED) is 0.486. The third kappa shape index (κ3) is 4.81. The molecule has 0 spiro atoms. The highest BCUT2D eigenvalue weighted by Gasteiger charge is 2.16. The lowest BCUT2D eigenvalue weighted by Gasteiger charge is -2.31. The summed E-state index contributed by atoms with van der Waals surface area (Å²) in [6, 6.07) is 6.67. The molecule has 2 aromatic heterocycles. The monoisotopic (exact) mass is 398 g/mol. The number of benzene rings is 1. The molecule has 0 bridgehead atoms. The minimum absolute atomic E-state index is 0.253. The normalized spacial score (nSPS) is 12.5. The molecule has 3 aromatic rings. The number of unbranched alkanes of at least 4 members (excludes halogenated alkanes) is 2. The highest BCUT2D eigenvalue weighted by Crippen LogP contribution is 2.33. The SMILES string of the molecule is CCCc1nc2c(N)nc3cc(CCCCCN(C)C(C)(C)C)ccc3c2s1. The van der Waals surface area contributed by atoms with Crippen molar-refractivity contribution in [1.29, 1.82) is 0 Å². The molecular formula is C23H34N4S. The van der Waals surface area contributed by atoms with Gasteiger partial charge in [0.15, 0.2) is 5.82 Å². The second-order valence-electron chi connectivity index (χ2n) is 8.79. The van der Waals surface area contributed by atoms with Crippen LogP contribution < -0.4 is 5.73 Å². The van der Waals surface area contributed by atoms with Gasteiger partial charge in [0.2, 0.25) is 0 Å². The molecule has 0 aliphatic carbocycles. The van der Waals surface area contributed by atoms with Crippen LogP contribution in [-0.4, -0.2) is 34.0 Å². The van der Waals surface area contributed by atoms with E-state index >= 15 is 0 Å². The van der Waals surface area contributed by atoms with Crippen molar-refractivity contribution in [3.63, 3.8) is 0 Å². The number of aryl methyl sites for hydroxylation is 2. The summed E-state index contributed by atoms with van der Waals surface area (Å²) in [7, 11) is 2.21. The Morgan fingerprint density at radius 1 is 1.07 bits per heavy atom. The first-order valence-electron chi connectivity index (χ1n) is 10.5. The van der Waals surface area contributed by atoms with Crippen LogP contribution in [0.5, 0.6) is 0 Å². The Morgan fingerprint density at radius 3 is 2.57 bits per heavy atom. The van der Waals surface area contributed by atoms with Crippen LogP contribution in [0.15, 0.2) is 18.2 Å². The van der Waals surface area contributed by atoms with E-state index in [9.17, 15) is 0 Å². The molecule has 5 heteroatoms. The van der Waals surface area contributed by atoms with Crippen molar-refractivity contribution in [3.05, 3.63) is 28.8 Å². The van der Waals surface area contributed by atoms with Gasteiger partial charge in [-0.05, 0) is 78.1 Å². The maximum Gasteiger partial charge on any atom is 0.151 e. The van der Waals surface area contributed by atoms with Gasteiger partial charge in [0.25, 0.3) is 0 Å². The van der Waals surface area contributed by atoms with Crippen LogP contribution in [0.3, 0.4) is 0 Å². The molecule has 0 fully saturated rings. The predicted octanol–water partition coefficient (Wildman–Crippen LogP) is 5.82. The number of nitrogens with two attached hydrogens (primary N) is 1. The fourth-order valence-corrected chi connectivity index (χ4v) is 4.64. The van der Waals surface area contributed by atoms with Crippen molar-refractivity contribution < 1.29 is 0 Å². The van der Waals surface area contributed by atoms with E-state index in [1.807, 2.05) is 0 Å². The molecule has 0 saturated heterocycles. The van der Waals surface area contributed by atoms with Gasteiger partial charge >= 0.3 is 0 Å². The van der Waals surface area contributed by atoms with Crippen LogP contribution in [0.1, 0.15) is 63.9 Å². The zero-order valence-corrected chi connectivity index (χ0v) is 18.8.